The molecule has 0 bridgehead atoms. The second-order valence-electron chi connectivity index (χ2n) is 6.09. The summed E-state index contributed by atoms with van der Waals surface area (Å²) in [5.74, 6) is -0.184. The molecule has 1 aromatic heterocycles. The van der Waals surface area contributed by atoms with E-state index < -0.39 is 21.5 Å². The number of hydrogen-bond donors (Lipinski definition) is 1. The average molecular weight is 315 g/mol. The van der Waals surface area contributed by atoms with Gasteiger partial charge in [-0.1, -0.05) is 0 Å². The van der Waals surface area contributed by atoms with Gasteiger partial charge in [0.15, 0.2) is 0 Å². The van der Waals surface area contributed by atoms with Gasteiger partial charge in [-0.2, -0.15) is 4.31 Å². The molecule has 0 spiro atoms. The van der Waals surface area contributed by atoms with Crippen molar-refractivity contribution in [2.75, 3.05) is 6.54 Å². The van der Waals surface area contributed by atoms with Crippen LogP contribution in [0.25, 0.3) is 0 Å². The first-order valence-electron chi connectivity index (χ1n) is 6.88. The molecule has 21 heavy (non-hydrogen) atoms. The van der Waals surface area contributed by atoms with Gasteiger partial charge in [0.05, 0.1) is 0 Å². The first-order valence-corrected chi connectivity index (χ1v) is 8.32. The molecule has 7 heteroatoms. The third kappa shape index (κ3) is 2.72. The first-order chi connectivity index (χ1) is 9.56. The summed E-state index contributed by atoms with van der Waals surface area (Å²) in [6.07, 6.45) is 0.525. The average Bonchev–Trinajstić information content (AvgIpc) is 2.80. The van der Waals surface area contributed by atoms with E-state index in [1.165, 1.54) is 10.4 Å². The lowest BCUT2D eigenvalue weighted by Gasteiger charge is -2.34. The quantitative estimate of drug-likeness (QED) is 0.920. The molecule has 1 aliphatic heterocycles. The highest BCUT2D eigenvalue weighted by Crippen LogP contribution is 2.41. The van der Waals surface area contributed by atoms with Crippen LogP contribution in [0.1, 0.15) is 38.2 Å². The van der Waals surface area contributed by atoms with Gasteiger partial charge < -0.3 is 9.52 Å². The second-order valence-corrected chi connectivity index (χ2v) is 7.92. The third-order valence-corrected chi connectivity index (χ3v) is 6.50. The molecule has 2 heterocycles. The molecule has 0 saturated carbocycles. The maximum Gasteiger partial charge on any atom is 0.303 e. The van der Waals surface area contributed by atoms with Crippen LogP contribution < -0.4 is 0 Å². The molecule has 1 aromatic rings. The molecule has 0 radical (unpaired) electrons. The Morgan fingerprint density at radius 3 is 2.57 bits per heavy atom. The predicted octanol–water partition coefficient (Wildman–Crippen LogP) is 2.16. The van der Waals surface area contributed by atoms with Gasteiger partial charge in [0.1, 0.15) is 16.4 Å². The molecule has 0 amide bonds. The molecule has 118 valence electrons. The number of sulfonamides is 1. The van der Waals surface area contributed by atoms with E-state index >= 15 is 0 Å². The molecule has 1 N–H and O–H groups in total. The van der Waals surface area contributed by atoms with E-state index in [0.29, 0.717) is 24.5 Å². The number of furan rings is 1. The fraction of sp³-hybridized carbons (Fsp3) is 0.643. The first kappa shape index (κ1) is 16.0. The van der Waals surface area contributed by atoms with Gasteiger partial charge in [-0.05, 0) is 46.1 Å². The van der Waals surface area contributed by atoms with Gasteiger partial charge in [-0.3, -0.25) is 4.79 Å². The van der Waals surface area contributed by atoms with E-state index in [2.05, 4.69) is 0 Å². The van der Waals surface area contributed by atoms with Crippen molar-refractivity contribution in [3.63, 3.8) is 0 Å². The van der Waals surface area contributed by atoms with Gasteiger partial charge in [0, 0.05) is 18.5 Å². The van der Waals surface area contributed by atoms with E-state index in [9.17, 15) is 13.2 Å². The summed E-state index contributed by atoms with van der Waals surface area (Å²) in [5.41, 5.74) is -0.727. The summed E-state index contributed by atoms with van der Waals surface area (Å²) in [7, 11) is -3.68. The SMILES string of the molecule is Cc1cc(S(=O)(=O)N2CCC(CC(=O)O)C2(C)C)c(C)o1. The minimum atomic E-state index is -3.68. The van der Waals surface area contributed by atoms with Gasteiger partial charge >= 0.3 is 5.97 Å². The zero-order valence-electron chi connectivity index (χ0n) is 12.7. The number of carboxylic acid groups (broad SMARTS) is 1. The summed E-state index contributed by atoms with van der Waals surface area (Å²) < 4.78 is 32.4. The zero-order valence-corrected chi connectivity index (χ0v) is 13.5. The molecular weight excluding hydrogens is 294 g/mol. The van der Waals surface area contributed by atoms with E-state index in [1.54, 1.807) is 27.7 Å². The standard InChI is InChI=1S/C14H21NO5S/c1-9-7-12(10(2)20-9)21(18,19)15-6-5-11(8-13(16)17)14(15,3)4/h7,11H,5-6,8H2,1-4H3,(H,16,17). The van der Waals surface area contributed by atoms with E-state index in [-0.39, 0.29) is 17.2 Å². The van der Waals surface area contributed by atoms with E-state index in [0.717, 1.165) is 0 Å². The van der Waals surface area contributed by atoms with Crippen LogP contribution >= 0.6 is 0 Å². The number of carbonyl (C=O) groups is 1. The van der Waals surface area contributed by atoms with Crippen LogP contribution in [-0.2, 0) is 14.8 Å². The lowest BCUT2D eigenvalue weighted by Crippen LogP contribution is -2.46. The van der Waals surface area contributed by atoms with Crippen molar-refractivity contribution >= 4 is 16.0 Å². The highest BCUT2D eigenvalue weighted by Gasteiger charge is 2.48. The Labute approximate surface area is 124 Å². The fourth-order valence-corrected chi connectivity index (χ4v) is 5.16. The lowest BCUT2D eigenvalue weighted by molar-refractivity contribution is -0.138. The van der Waals surface area contributed by atoms with Gasteiger partial charge in [-0.15, -0.1) is 0 Å². The zero-order chi connectivity index (χ0) is 16.0. The van der Waals surface area contributed by atoms with Crippen molar-refractivity contribution in [2.24, 2.45) is 5.92 Å². The molecule has 6 nitrogen and oxygen atoms in total. The number of rotatable bonds is 4. The maximum absolute atomic E-state index is 12.8. The summed E-state index contributed by atoms with van der Waals surface area (Å²) in [6, 6.07) is 1.52. The topological polar surface area (TPSA) is 87.8 Å². The van der Waals surface area contributed by atoms with Crippen LogP contribution in [0.3, 0.4) is 0 Å². The monoisotopic (exact) mass is 315 g/mol. The normalized spacial score (nSPS) is 22.6. The second kappa shape index (κ2) is 5.14. The van der Waals surface area contributed by atoms with Crippen LogP contribution in [-0.4, -0.2) is 35.9 Å². The van der Waals surface area contributed by atoms with Crippen molar-refractivity contribution in [1.82, 2.24) is 4.31 Å². The Hall–Kier alpha value is -1.34. The largest absolute Gasteiger partial charge is 0.481 e. The fourth-order valence-electron chi connectivity index (χ4n) is 3.09. The Bertz CT molecular complexity index is 659. The van der Waals surface area contributed by atoms with Gasteiger partial charge in [-0.25, -0.2) is 8.42 Å². The van der Waals surface area contributed by atoms with Crippen LogP contribution in [0.4, 0.5) is 0 Å². The van der Waals surface area contributed by atoms with Crippen LogP contribution in [0, 0.1) is 19.8 Å². The highest BCUT2D eigenvalue weighted by atomic mass is 32.2. The molecule has 1 unspecified atom stereocenters. The van der Waals surface area contributed by atoms with E-state index in [4.69, 9.17) is 9.52 Å². The van der Waals surface area contributed by atoms with Crippen molar-refractivity contribution in [2.45, 2.75) is 51.0 Å². The summed E-state index contributed by atoms with van der Waals surface area (Å²) in [5, 5.41) is 8.98. The van der Waals surface area contributed by atoms with Gasteiger partial charge in [0.25, 0.3) is 0 Å². The summed E-state index contributed by atoms with van der Waals surface area (Å²) >= 11 is 0. The minimum Gasteiger partial charge on any atom is -0.481 e. The highest BCUT2D eigenvalue weighted by molar-refractivity contribution is 7.89. The molecule has 1 atom stereocenters. The number of aryl methyl sites for hydroxylation is 2. The van der Waals surface area contributed by atoms with Crippen molar-refractivity contribution in [3.8, 4) is 0 Å². The third-order valence-electron chi connectivity index (χ3n) is 4.31. The summed E-state index contributed by atoms with van der Waals surface area (Å²) in [6.45, 7) is 7.23. The Kier molecular flexibility index (Phi) is 3.92. The van der Waals surface area contributed by atoms with E-state index in [1.807, 2.05) is 0 Å². The molecule has 1 fully saturated rings. The number of carboxylic acids is 1. The molecule has 0 aliphatic carbocycles. The van der Waals surface area contributed by atoms with Gasteiger partial charge in [0.2, 0.25) is 10.0 Å². The number of aliphatic carboxylic acids is 1. The van der Waals surface area contributed by atoms with Crippen LogP contribution in [0.15, 0.2) is 15.4 Å². The van der Waals surface area contributed by atoms with Crippen LogP contribution in [0.2, 0.25) is 0 Å². The number of hydrogen-bond acceptors (Lipinski definition) is 4. The van der Waals surface area contributed by atoms with Crippen molar-refractivity contribution in [3.05, 3.63) is 17.6 Å². The molecule has 1 saturated heterocycles. The molecule has 1 aliphatic rings. The predicted molar refractivity (Wildman–Crippen MR) is 76.5 cm³/mol. The maximum atomic E-state index is 12.8. The van der Waals surface area contributed by atoms with Crippen LogP contribution in [0.5, 0.6) is 0 Å². The van der Waals surface area contributed by atoms with Crippen molar-refractivity contribution < 1.29 is 22.7 Å². The Morgan fingerprint density at radius 2 is 2.10 bits per heavy atom. The minimum absolute atomic E-state index is 0.0254. The smallest absolute Gasteiger partial charge is 0.303 e. The van der Waals surface area contributed by atoms with Crippen molar-refractivity contribution in [1.29, 1.82) is 0 Å². The lowest BCUT2D eigenvalue weighted by atomic mass is 9.87. The Morgan fingerprint density at radius 1 is 1.48 bits per heavy atom. The molecule has 0 aromatic carbocycles. The molecular formula is C14H21NO5S. The number of nitrogens with zero attached hydrogens (tertiary/aromatic N) is 1. The Balaban J connectivity index is 2.38. The molecule has 2 rings (SSSR count). The summed E-state index contributed by atoms with van der Waals surface area (Å²) in [4.78, 5) is 11.1.